The van der Waals surface area contributed by atoms with E-state index in [0.29, 0.717) is 12.5 Å². The molecule has 4 rings (SSSR count). The second-order valence-electron chi connectivity index (χ2n) is 6.94. The predicted molar refractivity (Wildman–Crippen MR) is 73.8 cm³/mol. The van der Waals surface area contributed by atoms with E-state index in [1.165, 1.54) is 12.8 Å². The molecular formula is C15H25N3O. The van der Waals surface area contributed by atoms with E-state index >= 15 is 0 Å². The van der Waals surface area contributed by atoms with Gasteiger partial charge in [-0.25, -0.2) is 0 Å². The summed E-state index contributed by atoms with van der Waals surface area (Å²) in [6.07, 6.45) is 3.82. The number of likely N-dealkylation sites (tertiary alicyclic amines) is 1. The van der Waals surface area contributed by atoms with Gasteiger partial charge in [0.25, 0.3) is 0 Å². The maximum absolute atomic E-state index is 12.2. The van der Waals surface area contributed by atoms with Crippen LogP contribution < -0.4 is 0 Å². The fraction of sp³-hybridized carbons (Fsp3) is 0.933. The second-order valence-corrected chi connectivity index (χ2v) is 6.94. The van der Waals surface area contributed by atoms with Gasteiger partial charge in [-0.15, -0.1) is 0 Å². The Bertz CT molecular complexity index is 381. The zero-order valence-corrected chi connectivity index (χ0v) is 12.1. The van der Waals surface area contributed by atoms with E-state index in [4.69, 9.17) is 0 Å². The summed E-state index contributed by atoms with van der Waals surface area (Å²) in [6.45, 7) is 5.83. The van der Waals surface area contributed by atoms with E-state index in [0.717, 1.165) is 56.0 Å². The van der Waals surface area contributed by atoms with Crippen LogP contribution in [0, 0.1) is 11.8 Å². The maximum Gasteiger partial charge on any atom is 0.236 e. The van der Waals surface area contributed by atoms with Gasteiger partial charge in [0.05, 0.1) is 6.54 Å². The highest BCUT2D eigenvalue weighted by Crippen LogP contribution is 2.57. The first-order valence-electron chi connectivity index (χ1n) is 7.94. The third-order valence-electron chi connectivity index (χ3n) is 5.80. The Labute approximate surface area is 115 Å². The molecule has 19 heavy (non-hydrogen) atoms. The number of hydrogen-bond donors (Lipinski definition) is 0. The molecule has 4 fully saturated rings. The Hall–Kier alpha value is -0.610. The topological polar surface area (TPSA) is 26.8 Å². The summed E-state index contributed by atoms with van der Waals surface area (Å²) in [5.74, 6) is 2.08. The summed E-state index contributed by atoms with van der Waals surface area (Å²) < 4.78 is 0. The largest absolute Gasteiger partial charge is 0.340 e. The first kappa shape index (κ1) is 12.2. The summed E-state index contributed by atoms with van der Waals surface area (Å²) >= 11 is 0. The smallest absolute Gasteiger partial charge is 0.236 e. The van der Waals surface area contributed by atoms with Crippen LogP contribution in [0.2, 0.25) is 0 Å². The SMILES string of the molecule is CCCN1CCN(C2C3CC3N(C)C3CC23)CC1=O. The Kier molecular flexibility index (Phi) is 2.68. The number of piperidine rings is 1. The minimum absolute atomic E-state index is 0.362. The zero-order chi connectivity index (χ0) is 13.1. The molecule has 0 bridgehead atoms. The average molecular weight is 263 g/mol. The van der Waals surface area contributed by atoms with Gasteiger partial charge >= 0.3 is 0 Å². The summed E-state index contributed by atoms with van der Waals surface area (Å²) in [7, 11) is 2.30. The van der Waals surface area contributed by atoms with Crippen molar-refractivity contribution in [1.29, 1.82) is 0 Å². The highest BCUT2D eigenvalue weighted by atomic mass is 16.2. The molecule has 4 atom stereocenters. The number of amides is 1. The monoisotopic (exact) mass is 263 g/mol. The molecule has 0 radical (unpaired) electrons. The van der Waals surface area contributed by atoms with Gasteiger partial charge in [0, 0.05) is 37.8 Å². The van der Waals surface area contributed by atoms with Crippen molar-refractivity contribution in [2.24, 2.45) is 11.8 Å². The van der Waals surface area contributed by atoms with Crippen molar-refractivity contribution in [3.05, 3.63) is 0 Å². The molecule has 0 spiro atoms. The first-order chi connectivity index (χ1) is 9.20. The van der Waals surface area contributed by atoms with Gasteiger partial charge in [-0.3, -0.25) is 14.6 Å². The van der Waals surface area contributed by atoms with Crippen LogP contribution >= 0.6 is 0 Å². The third kappa shape index (κ3) is 1.83. The molecule has 0 aromatic heterocycles. The molecule has 0 aromatic rings. The molecule has 1 amide bonds. The lowest BCUT2D eigenvalue weighted by Gasteiger charge is -2.41. The van der Waals surface area contributed by atoms with E-state index in [1.54, 1.807) is 0 Å². The van der Waals surface area contributed by atoms with E-state index in [1.807, 2.05) is 0 Å². The molecule has 4 heteroatoms. The van der Waals surface area contributed by atoms with Crippen molar-refractivity contribution in [2.75, 3.05) is 33.2 Å². The van der Waals surface area contributed by atoms with E-state index in [2.05, 4.69) is 28.7 Å². The maximum atomic E-state index is 12.2. The number of fused-ring (bicyclic) bond motifs is 2. The van der Waals surface area contributed by atoms with Gasteiger partial charge in [-0.05, 0) is 38.1 Å². The Balaban J connectivity index is 1.43. The van der Waals surface area contributed by atoms with E-state index in [9.17, 15) is 4.79 Å². The molecule has 0 aromatic carbocycles. The van der Waals surface area contributed by atoms with Crippen molar-refractivity contribution < 1.29 is 4.79 Å². The summed E-state index contributed by atoms with van der Waals surface area (Å²) in [5.41, 5.74) is 0. The fourth-order valence-electron chi connectivity index (χ4n) is 4.66. The van der Waals surface area contributed by atoms with Crippen LogP contribution in [0.4, 0.5) is 0 Å². The van der Waals surface area contributed by atoms with Gasteiger partial charge in [0.2, 0.25) is 5.91 Å². The van der Waals surface area contributed by atoms with Crippen molar-refractivity contribution in [2.45, 2.75) is 44.3 Å². The number of piperazine rings is 1. The number of nitrogens with zero attached hydrogens (tertiary/aromatic N) is 3. The molecule has 4 nitrogen and oxygen atoms in total. The van der Waals surface area contributed by atoms with Gasteiger partial charge in [-0.2, -0.15) is 0 Å². The summed E-state index contributed by atoms with van der Waals surface area (Å²) in [5, 5.41) is 0. The van der Waals surface area contributed by atoms with Crippen molar-refractivity contribution in [3.63, 3.8) is 0 Å². The minimum Gasteiger partial charge on any atom is -0.340 e. The summed E-state index contributed by atoms with van der Waals surface area (Å²) in [6, 6.07) is 2.38. The van der Waals surface area contributed by atoms with Crippen LogP contribution in [0.3, 0.4) is 0 Å². The number of carbonyl (C=O) groups excluding carboxylic acids is 1. The molecule has 2 heterocycles. The molecule has 2 aliphatic heterocycles. The molecule has 2 saturated heterocycles. The lowest BCUT2D eigenvalue weighted by Crippen LogP contribution is -2.56. The predicted octanol–water partition coefficient (Wildman–Crippen LogP) is 0.632. The quantitative estimate of drug-likeness (QED) is 0.747. The number of hydrogen-bond acceptors (Lipinski definition) is 3. The third-order valence-corrected chi connectivity index (χ3v) is 5.80. The van der Waals surface area contributed by atoms with E-state index < -0.39 is 0 Å². The molecule has 2 aliphatic carbocycles. The minimum atomic E-state index is 0.362. The second kappa shape index (κ2) is 4.19. The molecule has 106 valence electrons. The highest BCUT2D eigenvalue weighted by Gasteiger charge is 2.64. The van der Waals surface area contributed by atoms with Crippen molar-refractivity contribution >= 4 is 5.91 Å². The van der Waals surface area contributed by atoms with Gasteiger partial charge in [0.1, 0.15) is 0 Å². The Morgan fingerprint density at radius 3 is 2.42 bits per heavy atom. The van der Waals surface area contributed by atoms with Crippen LogP contribution in [0.1, 0.15) is 26.2 Å². The molecule has 2 saturated carbocycles. The molecular weight excluding hydrogens is 238 g/mol. The molecule has 0 N–H and O–H groups in total. The average Bonchev–Trinajstić information content (AvgIpc) is 3.25. The highest BCUT2D eigenvalue weighted by molar-refractivity contribution is 5.79. The zero-order valence-electron chi connectivity index (χ0n) is 12.1. The van der Waals surface area contributed by atoms with Crippen LogP contribution in [0.25, 0.3) is 0 Å². The lowest BCUT2D eigenvalue weighted by atomic mass is 10.00. The first-order valence-corrected chi connectivity index (χ1v) is 7.94. The van der Waals surface area contributed by atoms with E-state index in [-0.39, 0.29) is 0 Å². The number of carbonyl (C=O) groups is 1. The van der Waals surface area contributed by atoms with Crippen LogP contribution in [0.15, 0.2) is 0 Å². The van der Waals surface area contributed by atoms with Crippen molar-refractivity contribution in [1.82, 2.24) is 14.7 Å². The Morgan fingerprint density at radius 2 is 1.84 bits per heavy atom. The Morgan fingerprint density at radius 1 is 1.16 bits per heavy atom. The lowest BCUT2D eigenvalue weighted by molar-refractivity contribution is -0.137. The van der Waals surface area contributed by atoms with Gasteiger partial charge in [-0.1, -0.05) is 6.92 Å². The van der Waals surface area contributed by atoms with Crippen LogP contribution in [-0.4, -0.2) is 72.0 Å². The van der Waals surface area contributed by atoms with Gasteiger partial charge < -0.3 is 4.90 Å². The molecule has 4 aliphatic rings. The van der Waals surface area contributed by atoms with Crippen molar-refractivity contribution in [3.8, 4) is 0 Å². The fourth-order valence-corrected chi connectivity index (χ4v) is 4.66. The standard InChI is InChI=1S/C15H25N3O/c1-3-4-17-5-6-18(9-14(17)19)15-10-7-12(10)16(2)13-8-11(13)15/h10-13,15H,3-9H2,1-2H3. The summed E-state index contributed by atoms with van der Waals surface area (Å²) in [4.78, 5) is 19.4. The molecule has 4 unspecified atom stereocenters. The normalized spacial score (nSPS) is 45.9. The number of rotatable bonds is 3. The van der Waals surface area contributed by atoms with Crippen LogP contribution in [-0.2, 0) is 4.79 Å². The van der Waals surface area contributed by atoms with Gasteiger partial charge in [0.15, 0.2) is 0 Å². The van der Waals surface area contributed by atoms with Crippen LogP contribution in [0.5, 0.6) is 0 Å².